The van der Waals surface area contributed by atoms with Crippen LogP contribution in [0.1, 0.15) is 31.7 Å². The third kappa shape index (κ3) is 4.30. The predicted octanol–water partition coefficient (Wildman–Crippen LogP) is 2.49. The number of esters is 1. The van der Waals surface area contributed by atoms with Gasteiger partial charge >= 0.3 is 12.0 Å². The van der Waals surface area contributed by atoms with E-state index in [0.29, 0.717) is 48.0 Å². The third-order valence-corrected chi connectivity index (χ3v) is 5.18. The van der Waals surface area contributed by atoms with Gasteiger partial charge in [-0.25, -0.2) is 14.8 Å². The van der Waals surface area contributed by atoms with Gasteiger partial charge in [0.15, 0.2) is 21.7 Å². The van der Waals surface area contributed by atoms with Crippen LogP contribution in [0.2, 0.25) is 0 Å². The van der Waals surface area contributed by atoms with Crippen LogP contribution in [0.5, 0.6) is 11.9 Å². The zero-order chi connectivity index (χ0) is 21.1. The third-order valence-electron chi connectivity index (χ3n) is 4.57. The molecule has 0 bridgehead atoms. The lowest BCUT2D eigenvalue weighted by atomic mass is 10.3. The van der Waals surface area contributed by atoms with E-state index < -0.39 is 6.10 Å². The highest BCUT2D eigenvalue weighted by Crippen LogP contribution is 2.26. The fourth-order valence-corrected chi connectivity index (χ4v) is 3.44. The summed E-state index contributed by atoms with van der Waals surface area (Å²) in [5, 5.41) is 0. The van der Waals surface area contributed by atoms with E-state index in [4.69, 9.17) is 19.9 Å². The molecule has 1 aliphatic heterocycles. The van der Waals surface area contributed by atoms with Gasteiger partial charge in [-0.1, -0.05) is 19.4 Å². The fraction of sp³-hybridized carbons (Fsp3) is 0.421. The number of cyclic esters (lactones) is 1. The Kier molecular flexibility index (Phi) is 5.98. The Morgan fingerprint density at radius 1 is 1.33 bits per heavy atom. The standard InChI is InChI=1S/C19H21BrN6O4/c1-2-3-7-29-19-24-15(21)14-16(25-19)26(18(20)23-14)10-11-4-5-13(22-9-11)30-12-6-8-28-17(12)27/h4-5,9,12H,2-3,6-8,10H2,1H3,(H2,21,24,25). The van der Waals surface area contributed by atoms with Crippen LogP contribution in [-0.4, -0.2) is 49.8 Å². The van der Waals surface area contributed by atoms with Crippen LogP contribution >= 0.6 is 15.9 Å². The number of hydrogen-bond acceptors (Lipinski definition) is 9. The van der Waals surface area contributed by atoms with Crippen molar-refractivity contribution in [1.82, 2.24) is 24.5 Å². The van der Waals surface area contributed by atoms with Crippen LogP contribution in [0.3, 0.4) is 0 Å². The van der Waals surface area contributed by atoms with Gasteiger partial charge < -0.3 is 19.9 Å². The maximum absolute atomic E-state index is 11.5. The number of pyridine rings is 1. The topological polar surface area (TPSA) is 127 Å². The summed E-state index contributed by atoms with van der Waals surface area (Å²) in [5.41, 5.74) is 8.00. The van der Waals surface area contributed by atoms with Crippen LogP contribution in [0, 0.1) is 0 Å². The molecule has 158 valence electrons. The molecule has 11 heteroatoms. The second-order valence-electron chi connectivity index (χ2n) is 6.80. The molecule has 1 unspecified atom stereocenters. The number of anilines is 1. The normalized spacial score (nSPS) is 16.1. The molecule has 0 radical (unpaired) electrons. The summed E-state index contributed by atoms with van der Waals surface area (Å²) in [7, 11) is 0. The highest BCUT2D eigenvalue weighted by Gasteiger charge is 2.28. The molecule has 0 amide bonds. The van der Waals surface area contributed by atoms with Crippen LogP contribution in [-0.2, 0) is 16.1 Å². The van der Waals surface area contributed by atoms with E-state index in [-0.39, 0.29) is 17.8 Å². The van der Waals surface area contributed by atoms with Crippen LogP contribution in [0.4, 0.5) is 5.82 Å². The van der Waals surface area contributed by atoms with Gasteiger partial charge in [0.25, 0.3) is 0 Å². The number of halogens is 1. The Morgan fingerprint density at radius 2 is 2.20 bits per heavy atom. The summed E-state index contributed by atoms with van der Waals surface area (Å²) in [6, 6.07) is 3.81. The summed E-state index contributed by atoms with van der Waals surface area (Å²) in [4.78, 5) is 28.9. The van der Waals surface area contributed by atoms with E-state index in [1.165, 1.54) is 0 Å². The number of nitrogens with two attached hydrogens (primary N) is 1. The highest BCUT2D eigenvalue weighted by molar-refractivity contribution is 9.10. The fourth-order valence-electron chi connectivity index (χ4n) is 2.97. The molecule has 4 heterocycles. The number of ether oxygens (including phenoxy) is 3. The summed E-state index contributed by atoms with van der Waals surface area (Å²) in [6.07, 6.45) is 3.52. The van der Waals surface area contributed by atoms with E-state index in [1.807, 2.05) is 10.6 Å². The van der Waals surface area contributed by atoms with Crippen LogP contribution in [0.25, 0.3) is 11.2 Å². The molecule has 0 saturated carbocycles. The minimum atomic E-state index is -0.596. The number of aromatic nitrogens is 5. The molecule has 3 aromatic rings. The number of rotatable bonds is 8. The van der Waals surface area contributed by atoms with Crippen LogP contribution in [0.15, 0.2) is 23.1 Å². The minimum Gasteiger partial charge on any atom is -0.463 e. The zero-order valence-corrected chi connectivity index (χ0v) is 18.0. The lowest BCUT2D eigenvalue weighted by Crippen LogP contribution is -2.22. The average molecular weight is 477 g/mol. The first-order valence-corrected chi connectivity index (χ1v) is 10.4. The minimum absolute atomic E-state index is 0.229. The molecule has 0 aromatic carbocycles. The maximum Gasteiger partial charge on any atom is 0.347 e. The molecule has 4 rings (SSSR count). The van der Waals surface area contributed by atoms with Crippen molar-refractivity contribution in [2.24, 2.45) is 0 Å². The second kappa shape index (κ2) is 8.82. The van der Waals surface area contributed by atoms with Crippen molar-refractivity contribution in [2.45, 2.75) is 38.8 Å². The van der Waals surface area contributed by atoms with Gasteiger partial charge in [-0.05, 0) is 27.9 Å². The van der Waals surface area contributed by atoms with Gasteiger partial charge in [0, 0.05) is 18.7 Å². The number of hydrogen-bond donors (Lipinski definition) is 1. The van der Waals surface area contributed by atoms with E-state index >= 15 is 0 Å². The monoisotopic (exact) mass is 476 g/mol. The molecular weight excluding hydrogens is 456 g/mol. The van der Waals surface area contributed by atoms with Crippen molar-refractivity contribution in [3.8, 4) is 11.9 Å². The number of carbonyl (C=O) groups is 1. The molecule has 1 aliphatic rings. The van der Waals surface area contributed by atoms with Crippen molar-refractivity contribution >= 4 is 38.9 Å². The highest BCUT2D eigenvalue weighted by atomic mass is 79.9. The first-order chi connectivity index (χ1) is 14.5. The molecule has 30 heavy (non-hydrogen) atoms. The van der Waals surface area contributed by atoms with Gasteiger partial charge in [-0.2, -0.15) is 9.97 Å². The summed E-state index contributed by atoms with van der Waals surface area (Å²) >= 11 is 3.46. The molecule has 1 saturated heterocycles. The molecule has 0 spiro atoms. The lowest BCUT2D eigenvalue weighted by molar-refractivity contribution is -0.143. The maximum atomic E-state index is 11.5. The first kappa shape index (κ1) is 20.3. The molecular formula is C19H21BrN6O4. The largest absolute Gasteiger partial charge is 0.463 e. The van der Waals surface area contributed by atoms with Crippen molar-refractivity contribution in [3.05, 3.63) is 28.6 Å². The van der Waals surface area contributed by atoms with E-state index in [1.54, 1.807) is 12.3 Å². The molecule has 3 aromatic heterocycles. The smallest absolute Gasteiger partial charge is 0.347 e. The van der Waals surface area contributed by atoms with E-state index in [9.17, 15) is 4.79 Å². The van der Waals surface area contributed by atoms with Crippen molar-refractivity contribution in [1.29, 1.82) is 0 Å². The van der Waals surface area contributed by atoms with E-state index in [2.05, 4.69) is 42.8 Å². The van der Waals surface area contributed by atoms with Gasteiger partial charge in [0.05, 0.1) is 19.8 Å². The lowest BCUT2D eigenvalue weighted by Gasteiger charge is -2.10. The predicted molar refractivity (Wildman–Crippen MR) is 111 cm³/mol. The number of nitrogens with zero attached hydrogens (tertiary/aromatic N) is 5. The Labute approximate surface area is 180 Å². The van der Waals surface area contributed by atoms with Crippen molar-refractivity contribution in [2.75, 3.05) is 18.9 Å². The number of nitrogen functional groups attached to an aromatic ring is 1. The van der Waals surface area contributed by atoms with Gasteiger partial charge in [-0.15, -0.1) is 0 Å². The summed E-state index contributed by atoms with van der Waals surface area (Å²) in [6.45, 7) is 3.42. The van der Waals surface area contributed by atoms with Gasteiger partial charge in [-0.3, -0.25) is 4.57 Å². The van der Waals surface area contributed by atoms with Gasteiger partial charge in [0.2, 0.25) is 12.0 Å². The Bertz CT molecular complexity index is 1060. The molecule has 0 aliphatic carbocycles. The quantitative estimate of drug-likeness (QED) is 0.296. The number of fused-ring (bicyclic) bond motifs is 1. The number of unbranched alkanes of at least 4 members (excludes halogenated alkanes) is 1. The Balaban J connectivity index is 1.54. The molecule has 1 atom stereocenters. The second-order valence-corrected chi connectivity index (χ2v) is 7.51. The summed E-state index contributed by atoms with van der Waals surface area (Å²) in [5.74, 6) is 0.274. The average Bonchev–Trinajstić information content (AvgIpc) is 3.27. The molecule has 10 nitrogen and oxygen atoms in total. The van der Waals surface area contributed by atoms with Gasteiger partial charge in [0.1, 0.15) is 0 Å². The van der Waals surface area contributed by atoms with Crippen LogP contribution < -0.4 is 15.2 Å². The number of carbonyl (C=O) groups excluding carboxylic acids is 1. The van der Waals surface area contributed by atoms with E-state index in [0.717, 1.165) is 18.4 Å². The number of imidazole rings is 1. The van der Waals surface area contributed by atoms with Crippen molar-refractivity contribution < 1.29 is 19.0 Å². The zero-order valence-electron chi connectivity index (χ0n) is 16.4. The van der Waals surface area contributed by atoms with Crippen molar-refractivity contribution in [3.63, 3.8) is 0 Å². The molecule has 1 fully saturated rings. The molecule has 2 N–H and O–H groups in total. The Hall–Kier alpha value is -2.95. The SMILES string of the molecule is CCCCOc1nc(N)c2nc(Br)n(Cc3ccc(OC4CCOC4=O)nc3)c2n1. The summed E-state index contributed by atoms with van der Waals surface area (Å²) < 4.78 is 18.5. The Morgan fingerprint density at radius 3 is 2.90 bits per heavy atom. The first-order valence-electron chi connectivity index (χ1n) is 9.65.